The van der Waals surface area contributed by atoms with Gasteiger partial charge in [-0.05, 0) is 37.3 Å². The molecule has 1 aliphatic rings. The third-order valence-electron chi connectivity index (χ3n) is 5.09. The molecule has 30 heavy (non-hydrogen) atoms. The van der Waals surface area contributed by atoms with Gasteiger partial charge in [-0.15, -0.1) is 5.10 Å². The summed E-state index contributed by atoms with van der Waals surface area (Å²) in [5.41, 5.74) is 10.5. The molecular formula is C23H22Cl2N4O. The molecule has 4 rings (SSSR count). The van der Waals surface area contributed by atoms with Crippen molar-refractivity contribution >= 4 is 29.0 Å². The van der Waals surface area contributed by atoms with Crippen LogP contribution in [0.15, 0.2) is 42.5 Å². The monoisotopic (exact) mass is 440 g/mol. The second-order valence-corrected chi connectivity index (χ2v) is 7.98. The van der Waals surface area contributed by atoms with E-state index < -0.39 is 0 Å². The van der Waals surface area contributed by atoms with Gasteiger partial charge in [-0.3, -0.25) is 4.90 Å². The van der Waals surface area contributed by atoms with Gasteiger partial charge < -0.3 is 10.5 Å². The minimum Gasteiger partial charge on any atom is -0.382 e. The number of morpholine rings is 1. The molecule has 2 heterocycles. The van der Waals surface area contributed by atoms with Crippen molar-refractivity contribution in [3.8, 4) is 28.8 Å². The third-order valence-corrected chi connectivity index (χ3v) is 5.65. The molecule has 5 nitrogen and oxygen atoms in total. The number of hydrogen-bond donors (Lipinski definition) is 1. The summed E-state index contributed by atoms with van der Waals surface area (Å²) in [5, 5.41) is 5.75. The number of nitrogen functional groups attached to an aromatic ring is 1. The van der Waals surface area contributed by atoms with Crippen LogP contribution in [0.2, 0.25) is 10.0 Å². The Balaban J connectivity index is 1.62. The Bertz CT molecular complexity index is 1110. The van der Waals surface area contributed by atoms with Gasteiger partial charge in [-0.25, -0.2) is 4.68 Å². The molecule has 3 aromatic rings. The molecule has 0 saturated carbocycles. The van der Waals surface area contributed by atoms with Gasteiger partial charge in [-0.1, -0.05) is 47.2 Å². The number of rotatable bonds is 3. The zero-order valence-corrected chi connectivity index (χ0v) is 18.2. The quantitative estimate of drug-likeness (QED) is 0.612. The normalized spacial score (nSPS) is 14.4. The summed E-state index contributed by atoms with van der Waals surface area (Å²) in [7, 11) is 0. The maximum atomic E-state index is 6.62. The third kappa shape index (κ3) is 4.48. The standard InChI is InChI=1S/C23H22Cl2N4O/c1-16-22(18-5-7-19(24)8-6-18)29(27-23(16)26)21-9-4-17(15-20(21)25)3-2-10-28-11-13-30-14-12-28/h4-9,15H,10-14H2,1H3,(H2,26,27). The van der Waals surface area contributed by atoms with Crippen molar-refractivity contribution in [2.24, 2.45) is 0 Å². The van der Waals surface area contributed by atoms with Crippen LogP contribution in [0.25, 0.3) is 16.9 Å². The summed E-state index contributed by atoms with van der Waals surface area (Å²) >= 11 is 12.7. The average Bonchev–Trinajstić information content (AvgIpc) is 3.04. The molecule has 0 amide bonds. The number of hydrogen-bond acceptors (Lipinski definition) is 4. The van der Waals surface area contributed by atoms with Crippen LogP contribution < -0.4 is 5.73 Å². The number of aromatic nitrogens is 2. The number of benzene rings is 2. The van der Waals surface area contributed by atoms with Gasteiger partial charge in [0.25, 0.3) is 0 Å². The Morgan fingerprint density at radius 3 is 2.53 bits per heavy atom. The number of nitrogens with zero attached hydrogens (tertiary/aromatic N) is 3. The molecule has 1 aromatic heterocycles. The summed E-state index contributed by atoms with van der Waals surface area (Å²) in [6, 6.07) is 13.3. The molecule has 0 bridgehead atoms. The first-order valence-electron chi connectivity index (χ1n) is 9.73. The van der Waals surface area contributed by atoms with E-state index in [0.29, 0.717) is 15.9 Å². The van der Waals surface area contributed by atoms with Crippen LogP contribution in [0.3, 0.4) is 0 Å². The van der Waals surface area contributed by atoms with E-state index in [1.54, 1.807) is 4.68 Å². The summed E-state index contributed by atoms with van der Waals surface area (Å²) in [6.07, 6.45) is 0. The van der Waals surface area contributed by atoms with Crippen molar-refractivity contribution in [3.05, 3.63) is 63.6 Å². The van der Waals surface area contributed by atoms with Crippen LogP contribution in [0.4, 0.5) is 5.82 Å². The molecule has 1 aliphatic heterocycles. The van der Waals surface area contributed by atoms with Gasteiger partial charge >= 0.3 is 0 Å². The summed E-state index contributed by atoms with van der Waals surface area (Å²) < 4.78 is 7.14. The summed E-state index contributed by atoms with van der Waals surface area (Å²) in [4.78, 5) is 2.28. The topological polar surface area (TPSA) is 56.3 Å². The van der Waals surface area contributed by atoms with Gasteiger partial charge in [0.2, 0.25) is 0 Å². The molecule has 2 aromatic carbocycles. The second kappa shape index (κ2) is 9.11. The molecule has 2 N–H and O–H groups in total. The van der Waals surface area contributed by atoms with Crippen LogP contribution in [-0.4, -0.2) is 47.5 Å². The number of nitrogens with two attached hydrogens (primary N) is 1. The van der Waals surface area contributed by atoms with Crippen LogP contribution in [-0.2, 0) is 4.74 Å². The highest BCUT2D eigenvalue weighted by Gasteiger charge is 2.17. The first-order valence-corrected chi connectivity index (χ1v) is 10.5. The van der Waals surface area contributed by atoms with Crippen molar-refractivity contribution in [1.82, 2.24) is 14.7 Å². The molecule has 0 radical (unpaired) electrons. The first-order chi connectivity index (χ1) is 14.5. The van der Waals surface area contributed by atoms with E-state index in [0.717, 1.165) is 60.9 Å². The fourth-order valence-corrected chi connectivity index (χ4v) is 3.79. The summed E-state index contributed by atoms with van der Waals surface area (Å²) in [6.45, 7) is 6.04. The van der Waals surface area contributed by atoms with Crippen molar-refractivity contribution < 1.29 is 4.74 Å². The van der Waals surface area contributed by atoms with Gasteiger partial charge in [0, 0.05) is 34.8 Å². The Morgan fingerprint density at radius 1 is 1.10 bits per heavy atom. The Morgan fingerprint density at radius 2 is 1.83 bits per heavy atom. The lowest BCUT2D eigenvalue weighted by Crippen LogP contribution is -2.36. The fourth-order valence-electron chi connectivity index (χ4n) is 3.40. The largest absolute Gasteiger partial charge is 0.382 e. The highest BCUT2D eigenvalue weighted by molar-refractivity contribution is 6.32. The van der Waals surface area contributed by atoms with E-state index in [2.05, 4.69) is 21.8 Å². The maximum absolute atomic E-state index is 6.62. The Labute approximate surface area is 186 Å². The number of halogens is 2. The van der Waals surface area contributed by atoms with Gasteiger partial charge in [-0.2, -0.15) is 0 Å². The van der Waals surface area contributed by atoms with E-state index in [9.17, 15) is 0 Å². The van der Waals surface area contributed by atoms with E-state index in [-0.39, 0.29) is 0 Å². The molecule has 7 heteroatoms. The van der Waals surface area contributed by atoms with Crippen LogP contribution in [0, 0.1) is 18.8 Å². The SMILES string of the molecule is Cc1c(N)nn(-c2ccc(C#CCN3CCOCC3)cc2Cl)c1-c1ccc(Cl)cc1. The zero-order chi connectivity index (χ0) is 21.1. The van der Waals surface area contributed by atoms with E-state index >= 15 is 0 Å². The van der Waals surface area contributed by atoms with Crippen molar-refractivity contribution in [3.63, 3.8) is 0 Å². The Kier molecular flexibility index (Phi) is 6.31. The minimum absolute atomic E-state index is 0.463. The van der Waals surface area contributed by atoms with Crippen molar-refractivity contribution in [2.45, 2.75) is 6.92 Å². The highest BCUT2D eigenvalue weighted by Crippen LogP contribution is 2.33. The predicted octanol–water partition coefficient (Wildman–Crippen LogP) is 4.42. The molecule has 0 unspecified atom stereocenters. The van der Waals surface area contributed by atoms with Crippen LogP contribution >= 0.6 is 23.2 Å². The molecule has 0 atom stereocenters. The maximum Gasteiger partial charge on any atom is 0.149 e. The lowest BCUT2D eigenvalue weighted by molar-refractivity contribution is 0.0443. The lowest BCUT2D eigenvalue weighted by Gasteiger charge is -2.24. The molecule has 1 fully saturated rings. The predicted molar refractivity (Wildman–Crippen MR) is 122 cm³/mol. The molecule has 154 valence electrons. The molecule has 0 aliphatic carbocycles. The van der Waals surface area contributed by atoms with Crippen molar-refractivity contribution in [1.29, 1.82) is 0 Å². The van der Waals surface area contributed by atoms with Crippen LogP contribution in [0.1, 0.15) is 11.1 Å². The number of anilines is 1. The van der Waals surface area contributed by atoms with E-state index in [1.165, 1.54) is 0 Å². The first kappa shape index (κ1) is 20.8. The van der Waals surface area contributed by atoms with E-state index in [4.69, 9.17) is 33.7 Å². The molecular weight excluding hydrogens is 419 g/mol. The average molecular weight is 441 g/mol. The smallest absolute Gasteiger partial charge is 0.149 e. The van der Waals surface area contributed by atoms with Gasteiger partial charge in [0.05, 0.1) is 36.2 Å². The van der Waals surface area contributed by atoms with E-state index in [1.807, 2.05) is 49.4 Å². The minimum atomic E-state index is 0.463. The number of ether oxygens (including phenoxy) is 1. The van der Waals surface area contributed by atoms with Gasteiger partial charge in [0.1, 0.15) is 5.82 Å². The Hall–Kier alpha value is -2.49. The molecule has 1 saturated heterocycles. The van der Waals surface area contributed by atoms with Crippen LogP contribution in [0.5, 0.6) is 0 Å². The second-order valence-electron chi connectivity index (χ2n) is 7.13. The summed E-state index contributed by atoms with van der Waals surface area (Å²) in [5.74, 6) is 6.88. The fraction of sp³-hybridized carbons (Fsp3) is 0.261. The van der Waals surface area contributed by atoms with Crippen molar-refractivity contribution in [2.75, 3.05) is 38.6 Å². The lowest BCUT2D eigenvalue weighted by atomic mass is 10.1. The zero-order valence-electron chi connectivity index (χ0n) is 16.7. The van der Waals surface area contributed by atoms with Gasteiger partial charge in [0.15, 0.2) is 0 Å². The molecule has 0 spiro atoms. The highest BCUT2D eigenvalue weighted by atomic mass is 35.5.